The second-order valence-corrected chi connectivity index (χ2v) is 4.45. The lowest BCUT2D eigenvalue weighted by Crippen LogP contribution is -1.96. The minimum absolute atomic E-state index is 0.410. The van der Waals surface area contributed by atoms with Crippen LogP contribution in [0.15, 0.2) is 53.1 Å². The number of hydrogen-bond donors (Lipinski definition) is 1. The molecule has 0 saturated heterocycles. The third-order valence-electron chi connectivity index (χ3n) is 3.16. The number of furan rings is 1. The van der Waals surface area contributed by atoms with E-state index in [2.05, 4.69) is 0 Å². The SMILES string of the molecule is COc1ccc(OCc2coc3cccc(N)c23)cc1. The summed E-state index contributed by atoms with van der Waals surface area (Å²) in [5.74, 6) is 1.57. The lowest BCUT2D eigenvalue weighted by atomic mass is 10.1. The van der Waals surface area contributed by atoms with Crippen molar-refractivity contribution in [3.05, 3.63) is 54.3 Å². The molecule has 1 heterocycles. The van der Waals surface area contributed by atoms with Gasteiger partial charge in [-0.3, -0.25) is 0 Å². The maximum atomic E-state index is 5.98. The van der Waals surface area contributed by atoms with E-state index in [-0.39, 0.29) is 0 Å². The van der Waals surface area contributed by atoms with Gasteiger partial charge in [0.05, 0.1) is 13.4 Å². The molecule has 0 amide bonds. The van der Waals surface area contributed by atoms with E-state index in [1.54, 1.807) is 13.4 Å². The molecule has 2 N–H and O–H groups in total. The molecule has 20 heavy (non-hydrogen) atoms. The van der Waals surface area contributed by atoms with Crippen molar-refractivity contribution < 1.29 is 13.9 Å². The number of hydrogen-bond acceptors (Lipinski definition) is 4. The molecule has 0 aliphatic heterocycles. The molecule has 0 saturated carbocycles. The maximum Gasteiger partial charge on any atom is 0.136 e. The van der Waals surface area contributed by atoms with E-state index in [0.717, 1.165) is 28.0 Å². The lowest BCUT2D eigenvalue weighted by Gasteiger charge is -2.06. The van der Waals surface area contributed by atoms with E-state index in [0.29, 0.717) is 12.3 Å². The van der Waals surface area contributed by atoms with E-state index in [9.17, 15) is 0 Å². The van der Waals surface area contributed by atoms with Gasteiger partial charge in [-0.05, 0) is 36.4 Å². The van der Waals surface area contributed by atoms with Crippen LogP contribution in [-0.2, 0) is 6.61 Å². The molecule has 0 aliphatic carbocycles. The summed E-state index contributed by atoms with van der Waals surface area (Å²) in [5, 5.41) is 0.918. The topological polar surface area (TPSA) is 57.6 Å². The van der Waals surface area contributed by atoms with Crippen LogP contribution in [0.25, 0.3) is 11.0 Å². The van der Waals surface area contributed by atoms with Crippen LogP contribution in [-0.4, -0.2) is 7.11 Å². The van der Waals surface area contributed by atoms with E-state index in [1.165, 1.54) is 0 Å². The number of benzene rings is 2. The number of fused-ring (bicyclic) bond motifs is 1. The Kier molecular flexibility index (Phi) is 3.21. The minimum Gasteiger partial charge on any atom is -0.497 e. The molecule has 3 aromatic rings. The summed E-state index contributed by atoms with van der Waals surface area (Å²) >= 11 is 0. The summed E-state index contributed by atoms with van der Waals surface area (Å²) < 4.78 is 16.3. The predicted molar refractivity (Wildman–Crippen MR) is 78.0 cm³/mol. The zero-order valence-electron chi connectivity index (χ0n) is 11.1. The van der Waals surface area contributed by atoms with Crippen molar-refractivity contribution in [3.63, 3.8) is 0 Å². The molecule has 4 nitrogen and oxygen atoms in total. The van der Waals surface area contributed by atoms with E-state index < -0.39 is 0 Å². The summed E-state index contributed by atoms with van der Waals surface area (Å²) in [6.45, 7) is 0.410. The van der Waals surface area contributed by atoms with Crippen LogP contribution in [0, 0.1) is 0 Å². The van der Waals surface area contributed by atoms with Crippen molar-refractivity contribution in [1.29, 1.82) is 0 Å². The summed E-state index contributed by atoms with van der Waals surface area (Å²) in [4.78, 5) is 0. The Morgan fingerprint density at radius 2 is 1.80 bits per heavy atom. The van der Waals surface area contributed by atoms with E-state index >= 15 is 0 Å². The van der Waals surface area contributed by atoms with Crippen molar-refractivity contribution in [2.24, 2.45) is 0 Å². The van der Waals surface area contributed by atoms with Crippen molar-refractivity contribution in [1.82, 2.24) is 0 Å². The first-order valence-corrected chi connectivity index (χ1v) is 6.29. The van der Waals surface area contributed by atoms with Gasteiger partial charge < -0.3 is 19.6 Å². The monoisotopic (exact) mass is 269 g/mol. The van der Waals surface area contributed by atoms with Gasteiger partial charge in [-0.1, -0.05) is 6.07 Å². The summed E-state index contributed by atoms with van der Waals surface area (Å²) in [6.07, 6.45) is 1.69. The smallest absolute Gasteiger partial charge is 0.136 e. The van der Waals surface area contributed by atoms with Crippen LogP contribution < -0.4 is 15.2 Å². The van der Waals surface area contributed by atoms with Gasteiger partial charge in [-0.15, -0.1) is 0 Å². The Hall–Kier alpha value is -2.62. The van der Waals surface area contributed by atoms with Crippen LogP contribution in [0.2, 0.25) is 0 Å². The Balaban J connectivity index is 1.79. The fraction of sp³-hybridized carbons (Fsp3) is 0.125. The molecule has 102 valence electrons. The molecule has 4 heteroatoms. The molecule has 0 atom stereocenters. The Morgan fingerprint density at radius 3 is 2.55 bits per heavy atom. The van der Waals surface area contributed by atoms with E-state index in [4.69, 9.17) is 19.6 Å². The van der Waals surface area contributed by atoms with Gasteiger partial charge in [0.1, 0.15) is 23.7 Å². The third-order valence-corrected chi connectivity index (χ3v) is 3.16. The van der Waals surface area contributed by atoms with Crippen molar-refractivity contribution in [3.8, 4) is 11.5 Å². The molecule has 1 aromatic heterocycles. The van der Waals surface area contributed by atoms with E-state index in [1.807, 2.05) is 42.5 Å². The molecular weight excluding hydrogens is 254 g/mol. The van der Waals surface area contributed by atoms with Crippen LogP contribution >= 0.6 is 0 Å². The first-order valence-electron chi connectivity index (χ1n) is 6.29. The number of ether oxygens (including phenoxy) is 2. The third kappa shape index (κ3) is 2.28. The fourth-order valence-electron chi connectivity index (χ4n) is 2.12. The highest BCUT2D eigenvalue weighted by molar-refractivity contribution is 5.92. The largest absolute Gasteiger partial charge is 0.497 e. The molecular formula is C16H15NO3. The summed E-state index contributed by atoms with van der Waals surface area (Å²) in [7, 11) is 1.64. The maximum absolute atomic E-state index is 5.98. The van der Waals surface area contributed by atoms with Crippen molar-refractivity contribution in [2.45, 2.75) is 6.61 Å². The molecule has 2 aromatic carbocycles. The Bertz CT molecular complexity index is 716. The van der Waals surface area contributed by atoms with Crippen LogP contribution in [0.5, 0.6) is 11.5 Å². The lowest BCUT2D eigenvalue weighted by molar-refractivity contribution is 0.305. The average molecular weight is 269 g/mol. The van der Waals surface area contributed by atoms with Gasteiger partial charge in [0.2, 0.25) is 0 Å². The molecule has 0 unspecified atom stereocenters. The molecule has 0 aliphatic rings. The standard InChI is InChI=1S/C16H15NO3/c1-18-12-5-7-13(8-6-12)19-9-11-10-20-15-4-2-3-14(17)16(11)15/h2-8,10H,9,17H2,1H3. The first kappa shape index (κ1) is 12.4. The second kappa shape index (κ2) is 5.17. The predicted octanol–water partition coefficient (Wildman–Crippen LogP) is 3.60. The van der Waals surface area contributed by atoms with Gasteiger partial charge in [0.25, 0.3) is 0 Å². The zero-order chi connectivity index (χ0) is 13.9. The van der Waals surface area contributed by atoms with Crippen LogP contribution in [0.4, 0.5) is 5.69 Å². The summed E-state index contributed by atoms with van der Waals surface area (Å²) in [6, 6.07) is 13.1. The molecule has 3 rings (SSSR count). The van der Waals surface area contributed by atoms with Gasteiger partial charge in [0.15, 0.2) is 0 Å². The second-order valence-electron chi connectivity index (χ2n) is 4.45. The van der Waals surface area contributed by atoms with Crippen LogP contribution in [0.1, 0.15) is 5.56 Å². The number of nitrogen functional groups attached to an aromatic ring is 1. The molecule has 0 spiro atoms. The number of methoxy groups -OCH3 is 1. The minimum atomic E-state index is 0.410. The quantitative estimate of drug-likeness (QED) is 0.735. The first-order chi connectivity index (χ1) is 9.78. The van der Waals surface area contributed by atoms with Crippen molar-refractivity contribution in [2.75, 3.05) is 12.8 Å². The Morgan fingerprint density at radius 1 is 1.05 bits per heavy atom. The molecule has 0 radical (unpaired) electrons. The fourth-order valence-corrected chi connectivity index (χ4v) is 2.12. The van der Waals surface area contributed by atoms with Gasteiger partial charge in [0, 0.05) is 16.6 Å². The van der Waals surface area contributed by atoms with Crippen LogP contribution in [0.3, 0.4) is 0 Å². The normalized spacial score (nSPS) is 10.7. The van der Waals surface area contributed by atoms with Gasteiger partial charge in [-0.25, -0.2) is 0 Å². The molecule has 0 fully saturated rings. The number of nitrogens with two attached hydrogens (primary N) is 1. The highest BCUT2D eigenvalue weighted by Crippen LogP contribution is 2.28. The Labute approximate surface area is 116 Å². The average Bonchev–Trinajstić information content (AvgIpc) is 2.90. The molecule has 0 bridgehead atoms. The van der Waals surface area contributed by atoms with Gasteiger partial charge in [-0.2, -0.15) is 0 Å². The highest BCUT2D eigenvalue weighted by atomic mass is 16.5. The summed E-state index contributed by atoms with van der Waals surface area (Å²) in [5.41, 5.74) is 8.39. The van der Waals surface area contributed by atoms with Crippen molar-refractivity contribution >= 4 is 16.7 Å². The number of anilines is 1. The highest BCUT2D eigenvalue weighted by Gasteiger charge is 2.09. The number of rotatable bonds is 4. The van der Waals surface area contributed by atoms with Gasteiger partial charge >= 0.3 is 0 Å². The zero-order valence-corrected chi connectivity index (χ0v) is 11.1.